The predicted molar refractivity (Wildman–Crippen MR) is 546 cm³/mol. The SMILES string of the molecule is C1CC2(C1)CNC2.C1CC2CC1CN2.C1CC2CCC(C1)N2.C1CC2CCC1C2.C1CC2CCC1CC2.C1CC2CCC1CN2.C1CCCCC1.C1CCN2CCOCC2C1.C1CCNCC1.C1CCOCC1.c1ccc2c(c1)CCC2.c1ccc2c(c1)CCC2.c1ccc2c(c1)CCC2.c1ccc2c(c1)CCCC2.c1ccc2c(c1)CCN2.c1ccc2c(c1)CNS2. The second-order valence-corrected chi connectivity index (χ2v) is 43.5. The first-order valence-electron chi connectivity index (χ1n) is 54.5. The Hall–Kier alpha value is -4.89. The molecule has 0 amide bonds. The van der Waals surface area contributed by atoms with Gasteiger partial charge in [-0.15, -0.1) is 0 Å². The number of benzene rings is 6. The topological polar surface area (TPSA) is 106 Å². The molecule has 5 unspecified atom stereocenters. The van der Waals surface area contributed by atoms with E-state index >= 15 is 0 Å². The van der Waals surface area contributed by atoms with Gasteiger partial charge in [-0.1, -0.05) is 262 Å². The highest BCUT2D eigenvalue weighted by molar-refractivity contribution is 7.97. The van der Waals surface area contributed by atoms with Crippen molar-refractivity contribution in [2.75, 3.05) is 90.6 Å². The molecule has 706 valence electrons. The summed E-state index contributed by atoms with van der Waals surface area (Å²) in [6.45, 7) is 16.3. The lowest BCUT2D eigenvalue weighted by atomic mass is 9.65. The monoisotopic (exact) mass is 1760 g/mol. The van der Waals surface area contributed by atoms with Crippen LogP contribution in [0.4, 0.5) is 5.69 Å². The van der Waals surface area contributed by atoms with Gasteiger partial charge in [0.25, 0.3) is 0 Å². The molecular formula is C117H180N8O2S. The molecule has 6 aromatic carbocycles. The van der Waals surface area contributed by atoms with Crippen molar-refractivity contribution in [1.29, 1.82) is 0 Å². The quantitative estimate of drug-likeness (QED) is 0.0740. The summed E-state index contributed by atoms with van der Waals surface area (Å²) >= 11 is 1.72. The fourth-order valence-electron chi connectivity index (χ4n) is 24.5. The molecule has 128 heavy (non-hydrogen) atoms. The van der Waals surface area contributed by atoms with E-state index < -0.39 is 0 Å². The zero-order valence-electron chi connectivity index (χ0n) is 80.7. The van der Waals surface area contributed by atoms with Gasteiger partial charge < -0.3 is 41.4 Å². The summed E-state index contributed by atoms with van der Waals surface area (Å²) in [5.74, 6) is 6.75. The van der Waals surface area contributed by atoms with Gasteiger partial charge in [0.1, 0.15) is 0 Å². The summed E-state index contributed by atoms with van der Waals surface area (Å²) in [6, 6.07) is 56.3. The number of hydrogen-bond donors (Lipinski definition) is 7. The Kier molecular flexibility index (Phi) is 44.7. The molecule has 0 radical (unpaired) electrons. The normalized spacial score (nSPS) is 28.4. The van der Waals surface area contributed by atoms with Crippen molar-refractivity contribution in [1.82, 2.24) is 36.2 Å². The van der Waals surface area contributed by atoms with E-state index in [2.05, 4.69) is 187 Å². The van der Waals surface area contributed by atoms with E-state index in [1.165, 1.54) is 368 Å². The predicted octanol–water partition coefficient (Wildman–Crippen LogP) is 26.4. The van der Waals surface area contributed by atoms with Gasteiger partial charge in [0.2, 0.25) is 0 Å². The molecule has 0 aromatic heterocycles. The molecule has 1 spiro atoms. The van der Waals surface area contributed by atoms with Crippen LogP contribution < -0.4 is 36.6 Å². The molecule has 6 aromatic rings. The summed E-state index contributed by atoms with van der Waals surface area (Å²) in [4.78, 5) is 3.95. The van der Waals surface area contributed by atoms with Crippen LogP contribution in [0.1, 0.15) is 351 Å². The molecule has 13 aliphatic carbocycles. The third-order valence-electron chi connectivity index (χ3n) is 33.0. The average Bonchev–Trinajstić information content (AvgIpc) is 1.45. The Morgan fingerprint density at radius 3 is 1.05 bits per heavy atom. The van der Waals surface area contributed by atoms with Gasteiger partial charge >= 0.3 is 0 Å². The smallest absolute Gasteiger partial charge is 0.0622 e. The first kappa shape index (κ1) is 99.1. The molecule has 10 nitrogen and oxygen atoms in total. The summed E-state index contributed by atoms with van der Waals surface area (Å²) in [5, 5.41) is 20.5. The van der Waals surface area contributed by atoms with Crippen LogP contribution in [0.5, 0.6) is 0 Å². The number of para-hydroxylation sites is 1. The third kappa shape index (κ3) is 35.1. The minimum atomic E-state index is 0.766. The van der Waals surface area contributed by atoms with Crippen molar-refractivity contribution in [2.45, 2.75) is 395 Å². The number of anilines is 1. The van der Waals surface area contributed by atoms with E-state index in [9.17, 15) is 0 Å². The molecule has 31 rings (SSSR count). The summed E-state index contributed by atoms with van der Waals surface area (Å²) in [6.07, 6.45) is 79.0. The number of aryl methyl sites for hydroxylation is 8. The van der Waals surface area contributed by atoms with Crippen molar-refractivity contribution in [3.63, 3.8) is 0 Å². The zero-order valence-corrected chi connectivity index (χ0v) is 81.5. The van der Waals surface area contributed by atoms with E-state index in [1.807, 2.05) is 0 Å². The van der Waals surface area contributed by atoms with Crippen molar-refractivity contribution < 1.29 is 9.47 Å². The number of piperidine rings is 6. The molecular weight excluding hydrogens is 1580 g/mol. The molecule has 19 fully saturated rings. The minimum Gasteiger partial charge on any atom is -0.384 e. The Morgan fingerprint density at radius 2 is 0.734 bits per heavy atom. The highest BCUT2D eigenvalue weighted by Crippen LogP contribution is 2.45. The van der Waals surface area contributed by atoms with Crippen LogP contribution in [0, 0.1) is 40.9 Å². The zero-order chi connectivity index (χ0) is 87.2. The molecule has 12 aliphatic heterocycles. The number of rotatable bonds is 0. The van der Waals surface area contributed by atoms with Gasteiger partial charge in [0, 0.05) is 86.7 Å². The van der Waals surface area contributed by atoms with Gasteiger partial charge in [-0.25, -0.2) is 0 Å². The van der Waals surface area contributed by atoms with E-state index in [-0.39, 0.29) is 0 Å². The Bertz CT molecular complexity index is 3250. The fraction of sp³-hybridized carbons (Fsp3) is 0.692. The first-order valence-corrected chi connectivity index (χ1v) is 55.3. The van der Waals surface area contributed by atoms with Crippen LogP contribution >= 0.6 is 11.9 Å². The second kappa shape index (κ2) is 57.7. The van der Waals surface area contributed by atoms with Gasteiger partial charge in [-0.2, -0.15) is 0 Å². The molecule has 10 bridgehead atoms. The lowest BCUT2D eigenvalue weighted by Gasteiger charge is -2.49. The Balaban J connectivity index is 0.000000111. The molecule has 9 saturated carbocycles. The van der Waals surface area contributed by atoms with E-state index in [4.69, 9.17) is 9.47 Å². The Morgan fingerprint density at radius 1 is 0.297 bits per heavy atom. The van der Waals surface area contributed by atoms with Crippen molar-refractivity contribution in [3.8, 4) is 0 Å². The first-order chi connectivity index (χ1) is 63.4. The van der Waals surface area contributed by atoms with E-state index in [0.29, 0.717) is 0 Å². The van der Waals surface area contributed by atoms with Gasteiger partial charge in [0.05, 0.1) is 13.2 Å². The third-order valence-corrected chi connectivity index (χ3v) is 33.9. The molecule has 7 N–H and O–H groups in total. The lowest BCUT2D eigenvalue weighted by Crippen LogP contribution is -2.57. The van der Waals surface area contributed by atoms with Crippen LogP contribution in [0.25, 0.3) is 0 Å². The van der Waals surface area contributed by atoms with Crippen LogP contribution in [-0.4, -0.2) is 120 Å². The van der Waals surface area contributed by atoms with Gasteiger partial charge in [0.15, 0.2) is 0 Å². The van der Waals surface area contributed by atoms with Crippen LogP contribution in [-0.2, 0) is 73.8 Å². The molecule has 5 atom stereocenters. The fourth-order valence-corrected chi connectivity index (χ4v) is 25.3. The van der Waals surface area contributed by atoms with Gasteiger partial charge in [-0.05, 0) is 378 Å². The maximum Gasteiger partial charge on any atom is 0.0622 e. The standard InChI is InChI=1S/C10H12.3C9H10.C8H15NO.C8H9N.C8H14.C7H7NS.2C7H13N.C7H12.2C6H11N.C6H12.C5H11N.C5H10O/c1-2-6-10-8-4-3-7-9(10)5-1;3*1-2-5-9-7-3-6-8(9)4-1;1-2-4-9-5-6-10-7-8(9)3-1;1-2-4-8-7(3-1)5-6-9-8;1-2-8-5-3-7(1)4-6-8;1-2-4-7-6(3-1)5-8-9-7;1-3-7-4-2-6(1)5-8-7;1-2-6-4-5-7(3-1)8-6;1-2-7-4-3-6(1)5-7;1-2-6-3-5(1)4-7-6;1-2-6(3-1)4-7-5-6;3*1-2-4-6-5-3-1/h1-2,5-6H,3-4,7-8H2;3*1-2,4-5H,3,6-7H2;8H,1-7H2;1-4,9H,5-6H2;7-8H,1-6H2;1-4,8H,5H2;2*6-8H,1-5H2;6-7H,1-5H2;5-7H,1-4H2;7H,1-5H2;1-6H2;6H,1-5H2;1-5H2. The molecule has 11 heteroatoms. The lowest BCUT2D eigenvalue weighted by molar-refractivity contribution is -0.0231. The maximum atomic E-state index is 5.40. The van der Waals surface area contributed by atoms with Crippen LogP contribution in [0.3, 0.4) is 0 Å². The number of hydrogen-bond acceptors (Lipinski definition) is 11. The molecule has 10 saturated heterocycles. The number of nitrogens with zero attached hydrogens (tertiary/aromatic N) is 1. The Labute approximate surface area is 785 Å². The van der Waals surface area contributed by atoms with Gasteiger partial charge in [-0.3, -0.25) is 9.62 Å². The van der Waals surface area contributed by atoms with E-state index in [0.717, 1.165) is 98.8 Å². The minimum absolute atomic E-state index is 0.766. The van der Waals surface area contributed by atoms with Crippen LogP contribution in [0.2, 0.25) is 0 Å². The molecule has 12 heterocycles. The number of nitrogens with one attached hydrogen (secondary N) is 7. The average molecular weight is 1760 g/mol. The van der Waals surface area contributed by atoms with Crippen molar-refractivity contribution in [2.24, 2.45) is 40.9 Å². The number of fused-ring (bicyclic) bond motifs is 19. The highest BCUT2D eigenvalue weighted by Gasteiger charge is 2.42. The summed E-state index contributed by atoms with van der Waals surface area (Å²) < 4.78 is 13.7. The summed E-state index contributed by atoms with van der Waals surface area (Å²) in [7, 11) is 0. The summed E-state index contributed by atoms with van der Waals surface area (Å²) in [5.41, 5.74) is 17.6. The second-order valence-electron chi connectivity index (χ2n) is 42.6. The maximum absolute atomic E-state index is 5.40. The largest absolute Gasteiger partial charge is 0.384 e. The van der Waals surface area contributed by atoms with Crippen molar-refractivity contribution >= 4 is 17.6 Å². The van der Waals surface area contributed by atoms with E-state index in [1.54, 1.807) is 127 Å². The van der Waals surface area contributed by atoms with Crippen molar-refractivity contribution in [3.05, 3.63) is 201 Å². The number of morpholine rings is 1. The molecule has 25 aliphatic rings. The highest BCUT2D eigenvalue weighted by atomic mass is 32.2. The number of ether oxygens (including phenoxy) is 2. The van der Waals surface area contributed by atoms with Crippen LogP contribution in [0.15, 0.2) is 150 Å².